The van der Waals surface area contributed by atoms with Crippen molar-refractivity contribution >= 4 is 5.78 Å². The molecule has 1 aromatic carbocycles. The zero-order valence-corrected chi connectivity index (χ0v) is 15.2. The third kappa shape index (κ3) is 6.71. The number of Topliss-reactive ketones (excluding diaryl/α,β-unsaturated/α-hetero) is 1. The Hall–Kier alpha value is -1.23. The van der Waals surface area contributed by atoms with Gasteiger partial charge in [-0.1, -0.05) is 37.6 Å². The lowest BCUT2D eigenvalue weighted by molar-refractivity contribution is -0.118. The molecule has 0 radical (unpaired) electrons. The van der Waals surface area contributed by atoms with Gasteiger partial charge in [0.05, 0.1) is 0 Å². The molecule has 24 heavy (non-hydrogen) atoms. The number of unbranched alkanes of at least 4 members (excludes halogenated alkanes) is 2. The molecule has 1 aliphatic rings. The number of hydrogen-bond donors (Lipinski definition) is 1. The van der Waals surface area contributed by atoms with E-state index in [0.29, 0.717) is 18.7 Å². The summed E-state index contributed by atoms with van der Waals surface area (Å²) < 4.78 is 0. The van der Waals surface area contributed by atoms with Crippen molar-refractivity contribution in [3.05, 3.63) is 35.4 Å². The third-order valence-corrected chi connectivity index (χ3v) is 4.95. The molecular weight excluding hydrogens is 298 g/mol. The number of carbonyl (C=O) groups is 1. The fraction of sp³-hybridized carbons (Fsp3) is 0.650. The Morgan fingerprint density at radius 2 is 1.58 bits per heavy atom. The molecule has 2 rings (SSSR count). The molecule has 0 saturated carbocycles. The van der Waals surface area contributed by atoms with E-state index in [-0.39, 0.29) is 0 Å². The summed E-state index contributed by atoms with van der Waals surface area (Å²) in [5.74, 6) is 0.406. The van der Waals surface area contributed by atoms with Crippen LogP contribution in [0.2, 0.25) is 0 Å². The van der Waals surface area contributed by atoms with Gasteiger partial charge in [-0.2, -0.15) is 0 Å². The fourth-order valence-corrected chi connectivity index (χ4v) is 3.22. The van der Waals surface area contributed by atoms with Crippen LogP contribution in [0.25, 0.3) is 0 Å². The van der Waals surface area contributed by atoms with Crippen LogP contribution < -0.4 is 5.73 Å². The molecule has 134 valence electrons. The van der Waals surface area contributed by atoms with Crippen LogP contribution in [-0.2, 0) is 17.9 Å². The summed E-state index contributed by atoms with van der Waals surface area (Å²) in [4.78, 5) is 16.4. The van der Waals surface area contributed by atoms with E-state index < -0.39 is 0 Å². The maximum absolute atomic E-state index is 11.3. The van der Waals surface area contributed by atoms with Crippen LogP contribution in [-0.4, -0.2) is 48.3 Å². The van der Waals surface area contributed by atoms with Gasteiger partial charge < -0.3 is 10.6 Å². The minimum absolute atomic E-state index is 0.406. The van der Waals surface area contributed by atoms with Gasteiger partial charge in [0.1, 0.15) is 5.78 Å². The van der Waals surface area contributed by atoms with E-state index in [4.69, 9.17) is 5.73 Å². The summed E-state index contributed by atoms with van der Waals surface area (Å²) in [5, 5.41) is 0. The number of ketones is 1. The predicted molar refractivity (Wildman–Crippen MR) is 99.8 cm³/mol. The minimum Gasteiger partial charge on any atom is -0.326 e. The Labute approximate surface area is 147 Å². The van der Waals surface area contributed by atoms with Gasteiger partial charge in [-0.25, -0.2) is 0 Å². The normalized spacial score (nSPS) is 16.4. The lowest BCUT2D eigenvalue weighted by Crippen LogP contribution is -2.46. The lowest BCUT2D eigenvalue weighted by Gasteiger charge is -2.34. The van der Waals surface area contributed by atoms with Crippen molar-refractivity contribution < 1.29 is 4.79 Å². The highest BCUT2D eigenvalue weighted by atomic mass is 16.1. The van der Waals surface area contributed by atoms with Gasteiger partial charge in [0, 0.05) is 52.1 Å². The summed E-state index contributed by atoms with van der Waals surface area (Å²) in [7, 11) is 0. The first kappa shape index (κ1) is 19.1. The average molecular weight is 332 g/mol. The molecule has 1 aromatic rings. The van der Waals surface area contributed by atoms with Gasteiger partial charge in [-0.15, -0.1) is 0 Å². The van der Waals surface area contributed by atoms with Crippen LogP contribution in [0.4, 0.5) is 0 Å². The van der Waals surface area contributed by atoms with Gasteiger partial charge in [-0.05, 0) is 30.5 Å². The SMILES string of the molecule is CCC(=O)CCCCCN1CCN(Cc2ccc(CN)cc2)CC1. The van der Waals surface area contributed by atoms with Crippen molar-refractivity contribution in [3.8, 4) is 0 Å². The van der Waals surface area contributed by atoms with Gasteiger partial charge in [0.2, 0.25) is 0 Å². The van der Waals surface area contributed by atoms with E-state index >= 15 is 0 Å². The van der Waals surface area contributed by atoms with Gasteiger partial charge in [-0.3, -0.25) is 9.69 Å². The van der Waals surface area contributed by atoms with Gasteiger partial charge in [0.25, 0.3) is 0 Å². The van der Waals surface area contributed by atoms with Crippen molar-refractivity contribution in [1.82, 2.24) is 9.80 Å². The van der Waals surface area contributed by atoms with E-state index in [0.717, 1.165) is 45.6 Å². The van der Waals surface area contributed by atoms with Crippen molar-refractivity contribution in [2.75, 3.05) is 32.7 Å². The first-order valence-corrected chi connectivity index (χ1v) is 9.45. The number of nitrogens with zero attached hydrogens (tertiary/aromatic N) is 2. The molecule has 1 fully saturated rings. The van der Waals surface area contributed by atoms with E-state index in [2.05, 4.69) is 34.1 Å². The van der Waals surface area contributed by atoms with Crippen LogP contribution in [0.1, 0.15) is 50.2 Å². The molecule has 0 atom stereocenters. The van der Waals surface area contributed by atoms with Crippen LogP contribution >= 0.6 is 0 Å². The smallest absolute Gasteiger partial charge is 0.132 e. The van der Waals surface area contributed by atoms with Crippen LogP contribution in [0.5, 0.6) is 0 Å². The Bertz CT molecular complexity index is 478. The third-order valence-electron chi connectivity index (χ3n) is 4.95. The summed E-state index contributed by atoms with van der Waals surface area (Å²) in [6, 6.07) is 8.67. The maximum atomic E-state index is 11.3. The summed E-state index contributed by atoms with van der Waals surface area (Å²) in [5.41, 5.74) is 8.22. The van der Waals surface area contributed by atoms with Gasteiger partial charge >= 0.3 is 0 Å². The summed E-state index contributed by atoms with van der Waals surface area (Å²) in [6.45, 7) is 9.40. The molecule has 2 N–H and O–H groups in total. The molecule has 1 heterocycles. The second-order valence-corrected chi connectivity index (χ2v) is 6.84. The molecule has 0 spiro atoms. The standard InChI is InChI=1S/C20H33N3O/c1-2-20(24)6-4-3-5-11-22-12-14-23(15-13-22)17-19-9-7-18(16-21)8-10-19/h7-10H,2-6,11-17,21H2,1H3. The van der Waals surface area contributed by atoms with Crippen molar-refractivity contribution in [3.63, 3.8) is 0 Å². The van der Waals surface area contributed by atoms with Crippen molar-refractivity contribution in [2.45, 2.75) is 52.1 Å². The second kappa shape index (κ2) is 10.6. The topological polar surface area (TPSA) is 49.6 Å². The molecule has 1 aliphatic heterocycles. The summed E-state index contributed by atoms with van der Waals surface area (Å²) in [6.07, 6.45) is 4.92. The maximum Gasteiger partial charge on any atom is 0.132 e. The molecule has 0 unspecified atom stereocenters. The number of nitrogens with two attached hydrogens (primary N) is 1. The first-order chi connectivity index (χ1) is 11.7. The molecule has 0 amide bonds. The molecule has 1 saturated heterocycles. The molecule has 4 heteroatoms. The van der Waals surface area contributed by atoms with Gasteiger partial charge in [0.15, 0.2) is 0 Å². The van der Waals surface area contributed by atoms with Crippen LogP contribution in [0.15, 0.2) is 24.3 Å². The highest BCUT2D eigenvalue weighted by molar-refractivity contribution is 5.77. The van der Waals surface area contributed by atoms with Crippen molar-refractivity contribution in [1.29, 1.82) is 0 Å². The molecule has 0 bridgehead atoms. The monoisotopic (exact) mass is 331 g/mol. The van der Waals surface area contributed by atoms with Crippen LogP contribution in [0, 0.1) is 0 Å². The number of rotatable bonds is 10. The number of piperazine rings is 1. The quantitative estimate of drug-likeness (QED) is 0.670. The zero-order chi connectivity index (χ0) is 17.2. The first-order valence-electron chi connectivity index (χ1n) is 9.45. The zero-order valence-electron chi connectivity index (χ0n) is 15.2. The molecule has 0 aromatic heterocycles. The Morgan fingerprint density at radius 3 is 2.21 bits per heavy atom. The average Bonchev–Trinajstić information content (AvgIpc) is 2.63. The second-order valence-electron chi connectivity index (χ2n) is 6.84. The molecule has 0 aliphatic carbocycles. The summed E-state index contributed by atoms with van der Waals surface area (Å²) >= 11 is 0. The highest BCUT2D eigenvalue weighted by Gasteiger charge is 2.16. The Balaban J connectivity index is 1.58. The largest absolute Gasteiger partial charge is 0.326 e. The Morgan fingerprint density at radius 1 is 0.958 bits per heavy atom. The highest BCUT2D eigenvalue weighted by Crippen LogP contribution is 2.11. The van der Waals surface area contributed by atoms with E-state index in [1.165, 1.54) is 30.5 Å². The molecular formula is C20H33N3O. The number of carbonyl (C=O) groups excluding carboxylic acids is 1. The van der Waals surface area contributed by atoms with Crippen LogP contribution in [0.3, 0.4) is 0 Å². The van der Waals surface area contributed by atoms with E-state index in [1.54, 1.807) is 0 Å². The predicted octanol–water partition coefficient (Wildman–Crippen LogP) is 2.80. The van der Waals surface area contributed by atoms with E-state index in [1.807, 2.05) is 6.92 Å². The van der Waals surface area contributed by atoms with E-state index in [9.17, 15) is 4.79 Å². The molecule has 4 nitrogen and oxygen atoms in total. The van der Waals surface area contributed by atoms with Crippen molar-refractivity contribution in [2.24, 2.45) is 5.73 Å². The lowest BCUT2D eigenvalue weighted by atomic mass is 10.1. The fourth-order valence-electron chi connectivity index (χ4n) is 3.22. The number of hydrogen-bond acceptors (Lipinski definition) is 4. The minimum atomic E-state index is 0.406. The Kier molecular flexibility index (Phi) is 8.43. The number of benzene rings is 1.